The van der Waals surface area contributed by atoms with E-state index in [4.69, 9.17) is 9.72 Å². The van der Waals surface area contributed by atoms with Crippen molar-refractivity contribution in [3.63, 3.8) is 0 Å². The SMILES string of the molecule is Cc1nc(CC2CCOC2)sc1CNC1CC1. The smallest absolute Gasteiger partial charge is 0.0935 e. The topological polar surface area (TPSA) is 34.1 Å². The maximum absolute atomic E-state index is 5.42. The van der Waals surface area contributed by atoms with E-state index in [1.807, 2.05) is 11.3 Å². The van der Waals surface area contributed by atoms with Crippen LogP contribution in [0.4, 0.5) is 0 Å². The molecule has 17 heavy (non-hydrogen) atoms. The molecule has 0 bridgehead atoms. The standard InChI is InChI=1S/C13H20N2OS/c1-9-12(7-14-11-2-3-11)17-13(15-9)6-10-4-5-16-8-10/h10-11,14H,2-8H2,1H3. The van der Waals surface area contributed by atoms with Crippen molar-refractivity contribution in [2.24, 2.45) is 5.92 Å². The third-order valence-electron chi connectivity index (χ3n) is 3.55. The molecule has 1 atom stereocenters. The molecular formula is C13H20N2OS. The number of rotatable bonds is 5. The van der Waals surface area contributed by atoms with Gasteiger partial charge in [0.25, 0.3) is 0 Å². The van der Waals surface area contributed by atoms with Crippen molar-refractivity contribution >= 4 is 11.3 Å². The first kappa shape index (κ1) is 11.6. The molecule has 1 N–H and O–H groups in total. The molecule has 1 aliphatic heterocycles. The van der Waals surface area contributed by atoms with E-state index in [1.165, 1.54) is 34.8 Å². The van der Waals surface area contributed by atoms with Crippen LogP contribution < -0.4 is 5.32 Å². The normalized spacial score (nSPS) is 24.4. The van der Waals surface area contributed by atoms with Crippen molar-refractivity contribution in [3.05, 3.63) is 15.6 Å². The molecule has 1 saturated carbocycles. The van der Waals surface area contributed by atoms with E-state index in [1.54, 1.807) is 0 Å². The molecule has 2 heterocycles. The van der Waals surface area contributed by atoms with Crippen LogP contribution in [0.15, 0.2) is 0 Å². The number of aryl methyl sites for hydroxylation is 1. The molecule has 2 fully saturated rings. The Morgan fingerprint density at radius 2 is 2.29 bits per heavy atom. The minimum atomic E-state index is 0.699. The zero-order valence-corrected chi connectivity index (χ0v) is 11.2. The van der Waals surface area contributed by atoms with Crippen LogP contribution in [-0.4, -0.2) is 24.2 Å². The zero-order valence-electron chi connectivity index (χ0n) is 10.4. The first-order chi connectivity index (χ1) is 8.31. The fourth-order valence-corrected chi connectivity index (χ4v) is 3.39. The van der Waals surface area contributed by atoms with Crippen LogP contribution in [0.25, 0.3) is 0 Å². The lowest BCUT2D eigenvalue weighted by Crippen LogP contribution is -2.14. The van der Waals surface area contributed by atoms with Gasteiger partial charge < -0.3 is 10.1 Å². The van der Waals surface area contributed by atoms with E-state index < -0.39 is 0 Å². The highest BCUT2D eigenvalue weighted by atomic mass is 32.1. The van der Waals surface area contributed by atoms with Crippen molar-refractivity contribution in [1.29, 1.82) is 0 Å². The lowest BCUT2D eigenvalue weighted by molar-refractivity contribution is 0.186. The lowest BCUT2D eigenvalue weighted by Gasteiger charge is -2.02. The van der Waals surface area contributed by atoms with Crippen LogP contribution in [-0.2, 0) is 17.7 Å². The van der Waals surface area contributed by atoms with Crippen molar-refractivity contribution in [1.82, 2.24) is 10.3 Å². The minimum Gasteiger partial charge on any atom is -0.381 e. The van der Waals surface area contributed by atoms with Crippen LogP contribution in [0.5, 0.6) is 0 Å². The van der Waals surface area contributed by atoms with Crippen molar-refractivity contribution in [3.8, 4) is 0 Å². The molecule has 0 spiro atoms. The van der Waals surface area contributed by atoms with E-state index in [9.17, 15) is 0 Å². The molecular weight excluding hydrogens is 232 g/mol. The van der Waals surface area contributed by atoms with Gasteiger partial charge in [-0.2, -0.15) is 0 Å². The summed E-state index contributed by atoms with van der Waals surface area (Å²) in [5, 5.41) is 4.86. The molecule has 1 saturated heterocycles. The molecule has 2 aliphatic rings. The summed E-state index contributed by atoms with van der Waals surface area (Å²) in [6, 6.07) is 0.781. The molecule has 4 heteroatoms. The maximum Gasteiger partial charge on any atom is 0.0935 e. The van der Waals surface area contributed by atoms with E-state index >= 15 is 0 Å². The second kappa shape index (κ2) is 5.04. The number of hydrogen-bond acceptors (Lipinski definition) is 4. The Morgan fingerprint density at radius 1 is 1.41 bits per heavy atom. The Kier molecular flexibility index (Phi) is 3.45. The molecule has 1 aliphatic carbocycles. The van der Waals surface area contributed by atoms with Gasteiger partial charge in [-0.15, -0.1) is 11.3 Å². The predicted molar refractivity (Wildman–Crippen MR) is 69.3 cm³/mol. The summed E-state index contributed by atoms with van der Waals surface area (Å²) in [6.45, 7) is 5.00. The minimum absolute atomic E-state index is 0.699. The molecule has 3 nitrogen and oxygen atoms in total. The Balaban J connectivity index is 1.58. The largest absolute Gasteiger partial charge is 0.381 e. The second-order valence-corrected chi connectivity index (χ2v) is 6.37. The van der Waals surface area contributed by atoms with Crippen molar-refractivity contribution in [2.45, 2.75) is 45.2 Å². The average Bonchev–Trinajstić information content (AvgIpc) is 2.88. The molecule has 0 radical (unpaired) electrons. The highest BCUT2D eigenvalue weighted by Gasteiger charge is 2.22. The van der Waals surface area contributed by atoms with Gasteiger partial charge in [-0.05, 0) is 32.1 Å². The van der Waals surface area contributed by atoms with Gasteiger partial charge in [0.05, 0.1) is 10.7 Å². The number of ether oxygens (including phenoxy) is 1. The highest BCUT2D eigenvalue weighted by molar-refractivity contribution is 7.11. The Labute approximate surface area is 107 Å². The van der Waals surface area contributed by atoms with Crippen molar-refractivity contribution < 1.29 is 4.74 Å². The summed E-state index contributed by atoms with van der Waals surface area (Å²) < 4.78 is 5.42. The molecule has 3 rings (SSSR count). The number of nitrogens with one attached hydrogen (secondary N) is 1. The average molecular weight is 252 g/mol. The molecule has 1 aromatic heterocycles. The fraction of sp³-hybridized carbons (Fsp3) is 0.769. The molecule has 0 amide bonds. The maximum atomic E-state index is 5.42. The second-order valence-electron chi connectivity index (χ2n) is 5.21. The van der Waals surface area contributed by atoms with E-state index in [0.717, 1.165) is 32.2 Å². The summed E-state index contributed by atoms with van der Waals surface area (Å²) in [4.78, 5) is 6.12. The third kappa shape index (κ3) is 3.06. The van der Waals surface area contributed by atoms with Crippen LogP contribution >= 0.6 is 11.3 Å². The number of thiazole rings is 1. The third-order valence-corrected chi connectivity index (χ3v) is 4.73. The highest BCUT2D eigenvalue weighted by Crippen LogP contribution is 2.25. The Morgan fingerprint density at radius 3 is 3.00 bits per heavy atom. The van der Waals surface area contributed by atoms with Gasteiger partial charge >= 0.3 is 0 Å². The van der Waals surface area contributed by atoms with Crippen LogP contribution in [0.1, 0.15) is 34.8 Å². The fourth-order valence-electron chi connectivity index (χ4n) is 2.26. The molecule has 1 aromatic rings. The predicted octanol–water partition coefficient (Wildman–Crippen LogP) is 2.28. The number of nitrogens with zero attached hydrogens (tertiary/aromatic N) is 1. The molecule has 0 aromatic carbocycles. The van der Waals surface area contributed by atoms with Gasteiger partial charge in [-0.1, -0.05) is 0 Å². The zero-order chi connectivity index (χ0) is 11.7. The van der Waals surface area contributed by atoms with Crippen LogP contribution in [0, 0.1) is 12.8 Å². The van der Waals surface area contributed by atoms with Gasteiger partial charge in [0.2, 0.25) is 0 Å². The van der Waals surface area contributed by atoms with Gasteiger partial charge in [0, 0.05) is 37.1 Å². The summed E-state index contributed by atoms with van der Waals surface area (Å²) in [6.07, 6.45) is 5.01. The first-order valence-corrected chi connectivity index (χ1v) is 7.39. The quantitative estimate of drug-likeness (QED) is 0.873. The summed E-state index contributed by atoms with van der Waals surface area (Å²) in [5.41, 5.74) is 1.22. The lowest BCUT2D eigenvalue weighted by atomic mass is 10.1. The summed E-state index contributed by atoms with van der Waals surface area (Å²) in [5.74, 6) is 0.699. The van der Waals surface area contributed by atoms with Crippen LogP contribution in [0.2, 0.25) is 0 Å². The molecule has 1 unspecified atom stereocenters. The number of aromatic nitrogens is 1. The van der Waals surface area contributed by atoms with Gasteiger partial charge in [-0.3, -0.25) is 0 Å². The van der Waals surface area contributed by atoms with E-state index in [0.29, 0.717) is 5.92 Å². The summed E-state index contributed by atoms with van der Waals surface area (Å²) >= 11 is 1.89. The van der Waals surface area contributed by atoms with Gasteiger partial charge in [-0.25, -0.2) is 4.98 Å². The van der Waals surface area contributed by atoms with Gasteiger partial charge in [0.15, 0.2) is 0 Å². The van der Waals surface area contributed by atoms with Crippen molar-refractivity contribution in [2.75, 3.05) is 13.2 Å². The van der Waals surface area contributed by atoms with Gasteiger partial charge in [0.1, 0.15) is 0 Å². The monoisotopic (exact) mass is 252 g/mol. The van der Waals surface area contributed by atoms with E-state index in [-0.39, 0.29) is 0 Å². The molecule has 94 valence electrons. The van der Waals surface area contributed by atoms with Crippen LogP contribution in [0.3, 0.4) is 0 Å². The summed E-state index contributed by atoms with van der Waals surface area (Å²) in [7, 11) is 0. The Hall–Kier alpha value is -0.450. The first-order valence-electron chi connectivity index (χ1n) is 6.57. The van der Waals surface area contributed by atoms with E-state index in [2.05, 4.69) is 12.2 Å². The number of hydrogen-bond donors (Lipinski definition) is 1. The Bertz CT molecular complexity index is 381.